The van der Waals surface area contributed by atoms with Crippen molar-refractivity contribution in [3.8, 4) is 0 Å². The van der Waals surface area contributed by atoms with E-state index < -0.39 is 0 Å². The maximum absolute atomic E-state index is 13.3. The molecule has 1 amide bonds. The fourth-order valence-electron chi connectivity index (χ4n) is 6.15. The maximum atomic E-state index is 13.3. The smallest absolute Gasteiger partial charge is 0.249 e. The lowest BCUT2D eigenvalue weighted by atomic mass is 9.85. The van der Waals surface area contributed by atoms with E-state index in [1.165, 1.54) is 57.8 Å². The topological polar surface area (TPSA) is 50.8 Å². The predicted molar refractivity (Wildman–Crippen MR) is 127 cm³/mol. The zero-order chi connectivity index (χ0) is 21.5. The average Bonchev–Trinajstić information content (AvgIpc) is 3.31. The van der Waals surface area contributed by atoms with Gasteiger partial charge in [0.15, 0.2) is 0 Å². The average molecular weight is 453 g/mol. The van der Waals surface area contributed by atoms with E-state index in [2.05, 4.69) is 22.0 Å². The third kappa shape index (κ3) is 6.84. The minimum atomic E-state index is 0.190. The summed E-state index contributed by atoms with van der Waals surface area (Å²) in [5.41, 5.74) is 0. The molecule has 0 spiro atoms. The Morgan fingerprint density at radius 3 is 2.35 bits per heavy atom. The van der Waals surface area contributed by atoms with Crippen LogP contribution in [0, 0.1) is 5.92 Å². The number of methoxy groups -OCH3 is 1. The van der Waals surface area contributed by atoms with Crippen LogP contribution in [0.25, 0.3) is 0 Å². The first-order valence-electron chi connectivity index (χ1n) is 13.1. The first-order chi connectivity index (χ1) is 15.2. The van der Waals surface area contributed by atoms with Crippen LogP contribution in [-0.2, 0) is 14.3 Å². The van der Waals surface area contributed by atoms with Gasteiger partial charge in [-0.15, -0.1) is 0 Å². The highest BCUT2D eigenvalue weighted by Gasteiger charge is 2.35. The Labute approximate surface area is 193 Å². The molecule has 3 atom stereocenters. The van der Waals surface area contributed by atoms with Crippen LogP contribution in [-0.4, -0.2) is 66.5 Å². The Morgan fingerprint density at radius 1 is 0.903 bits per heavy atom. The summed E-state index contributed by atoms with van der Waals surface area (Å²) in [4.78, 5) is 15.5. The molecule has 6 heteroatoms. The summed E-state index contributed by atoms with van der Waals surface area (Å²) in [5, 5.41) is 5.05. The molecule has 4 fully saturated rings. The molecule has 0 aromatic heterocycles. The van der Waals surface area contributed by atoms with E-state index in [0.717, 1.165) is 56.4 Å². The lowest BCUT2D eigenvalue weighted by molar-refractivity contribution is -0.143. The first-order valence-corrected chi connectivity index (χ1v) is 14.0. The van der Waals surface area contributed by atoms with Crippen LogP contribution in [0.4, 0.5) is 0 Å². The van der Waals surface area contributed by atoms with E-state index in [0.29, 0.717) is 11.4 Å². The van der Waals surface area contributed by atoms with Gasteiger partial charge in [-0.1, -0.05) is 19.3 Å². The maximum Gasteiger partial charge on any atom is 0.249 e. The van der Waals surface area contributed by atoms with Gasteiger partial charge >= 0.3 is 0 Å². The van der Waals surface area contributed by atoms with Gasteiger partial charge in [0, 0.05) is 24.2 Å². The highest BCUT2D eigenvalue weighted by Crippen LogP contribution is 2.43. The molecule has 4 rings (SSSR count). The number of carbonyl (C=O) groups is 1. The molecule has 2 saturated heterocycles. The van der Waals surface area contributed by atoms with Crippen LogP contribution >= 0.6 is 11.8 Å². The lowest BCUT2D eigenvalue weighted by Gasteiger charge is -2.37. The van der Waals surface area contributed by atoms with Crippen LogP contribution in [0.2, 0.25) is 0 Å². The number of thioether (sulfide) groups is 1. The van der Waals surface area contributed by atoms with E-state index in [4.69, 9.17) is 9.47 Å². The second kappa shape index (κ2) is 12.2. The fourth-order valence-corrected chi connectivity index (χ4v) is 7.93. The standard InChI is InChI=1S/C25H44N2O3S/c1-29-20-10-12-21(13-11-20)30-18-25(28)27(24-9-5-6-16-26-24)17-22-14-15-23(31-22)19-7-3-2-4-8-19/h19-24,26H,2-18H2,1H3. The normalized spacial score (nSPS) is 35.2. The van der Waals surface area contributed by atoms with Crippen molar-refractivity contribution in [3.05, 3.63) is 0 Å². The highest BCUT2D eigenvalue weighted by atomic mass is 32.2. The van der Waals surface area contributed by atoms with Crippen molar-refractivity contribution < 1.29 is 14.3 Å². The fraction of sp³-hybridized carbons (Fsp3) is 0.960. The zero-order valence-electron chi connectivity index (χ0n) is 19.6. The van der Waals surface area contributed by atoms with Crippen molar-refractivity contribution in [1.82, 2.24) is 10.2 Å². The van der Waals surface area contributed by atoms with Gasteiger partial charge in [-0.25, -0.2) is 0 Å². The van der Waals surface area contributed by atoms with Crippen LogP contribution in [0.1, 0.15) is 89.9 Å². The summed E-state index contributed by atoms with van der Waals surface area (Å²) in [7, 11) is 1.80. The molecular weight excluding hydrogens is 408 g/mol. The van der Waals surface area contributed by atoms with Crippen LogP contribution < -0.4 is 5.32 Å². The van der Waals surface area contributed by atoms with Crippen molar-refractivity contribution in [2.45, 2.75) is 119 Å². The number of ether oxygens (including phenoxy) is 2. The Kier molecular flexibility index (Phi) is 9.42. The zero-order valence-corrected chi connectivity index (χ0v) is 20.4. The van der Waals surface area contributed by atoms with Crippen molar-refractivity contribution in [2.75, 3.05) is 26.8 Å². The molecule has 4 aliphatic rings. The monoisotopic (exact) mass is 452 g/mol. The van der Waals surface area contributed by atoms with Crippen LogP contribution in [0.3, 0.4) is 0 Å². The van der Waals surface area contributed by atoms with Crippen molar-refractivity contribution in [2.24, 2.45) is 5.92 Å². The molecule has 2 aliphatic carbocycles. The van der Waals surface area contributed by atoms with Crippen molar-refractivity contribution >= 4 is 17.7 Å². The number of piperidine rings is 1. The summed E-state index contributed by atoms with van der Waals surface area (Å²) >= 11 is 2.20. The summed E-state index contributed by atoms with van der Waals surface area (Å²) in [6.07, 6.45) is 18.2. The lowest BCUT2D eigenvalue weighted by Crippen LogP contribution is -2.54. The molecule has 3 unspecified atom stereocenters. The molecule has 0 radical (unpaired) electrons. The van der Waals surface area contributed by atoms with Gasteiger partial charge in [-0.05, 0) is 83.1 Å². The summed E-state index contributed by atoms with van der Waals surface area (Å²) in [5.74, 6) is 1.11. The molecule has 2 heterocycles. The van der Waals surface area contributed by atoms with Crippen LogP contribution in [0.15, 0.2) is 0 Å². The van der Waals surface area contributed by atoms with Gasteiger partial charge in [0.05, 0.1) is 18.4 Å². The Hall–Kier alpha value is -0.300. The molecule has 31 heavy (non-hydrogen) atoms. The largest absolute Gasteiger partial charge is 0.381 e. The van der Waals surface area contributed by atoms with Gasteiger partial charge in [-0.3, -0.25) is 10.1 Å². The molecule has 2 saturated carbocycles. The Bertz CT molecular complexity index is 543. The summed E-state index contributed by atoms with van der Waals surface area (Å²) < 4.78 is 11.6. The molecular formula is C25H44N2O3S. The molecule has 5 nitrogen and oxygen atoms in total. The quantitative estimate of drug-likeness (QED) is 0.577. The molecule has 0 aromatic carbocycles. The van der Waals surface area contributed by atoms with Gasteiger partial charge in [-0.2, -0.15) is 11.8 Å². The van der Waals surface area contributed by atoms with E-state index in [1.54, 1.807) is 7.11 Å². The number of amides is 1. The number of hydrogen-bond acceptors (Lipinski definition) is 5. The third-order valence-electron chi connectivity index (χ3n) is 8.09. The van der Waals surface area contributed by atoms with Gasteiger partial charge in [0.1, 0.15) is 6.61 Å². The summed E-state index contributed by atoms with van der Waals surface area (Å²) in [6, 6.07) is 0. The number of nitrogens with zero attached hydrogens (tertiary/aromatic N) is 1. The molecule has 1 N–H and O–H groups in total. The summed E-state index contributed by atoms with van der Waals surface area (Å²) in [6.45, 7) is 2.16. The van der Waals surface area contributed by atoms with Gasteiger partial charge < -0.3 is 14.4 Å². The Balaban J connectivity index is 1.28. The minimum absolute atomic E-state index is 0.190. The van der Waals surface area contributed by atoms with E-state index in [1.807, 2.05) is 0 Å². The number of carbonyl (C=O) groups excluding carboxylic acids is 1. The SMILES string of the molecule is COC1CCC(OCC(=O)N(CC2CCC(C3CCCCC3)S2)C2CCCCN2)CC1. The molecule has 178 valence electrons. The number of nitrogens with one attached hydrogen (secondary N) is 1. The third-order valence-corrected chi connectivity index (χ3v) is 9.83. The highest BCUT2D eigenvalue weighted by molar-refractivity contribution is 8.00. The molecule has 0 bridgehead atoms. The van der Waals surface area contributed by atoms with Crippen molar-refractivity contribution in [3.63, 3.8) is 0 Å². The van der Waals surface area contributed by atoms with Gasteiger partial charge in [0.25, 0.3) is 0 Å². The second-order valence-corrected chi connectivity index (χ2v) is 11.8. The van der Waals surface area contributed by atoms with Gasteiger partial charge in [0.2, 0.25) is 5.91 Å². The second-order valence-electron chi connectivity index (χ2n) is 10.2. The Morgan fingerprint density at radius 2 is 1.65 bits per heavy atom. The van der Waals surface area contributed by atoms with E-state index in [9.17, 15) is 4.79 Å². The van der Waals surface area contributed by atoms with E-state index in [-0.39, 0.29) is 24.8 Å². The number of rotatable bonds is 8. The molecule has 0 aromatic rings. The van der Waals surface area contributed by atoms with Crippen LogP contribution in [0.5, 0.6) is 0 Å². The molecule has 2 aliphatic heterocycles. The minimum Gasteiger partial charge on any atom is -0.381 e. The van der Waals surface area contributed by atoms with Crippen molar-refractivity contribution in [1.29, 1.82) is 0 Å². The van der Waals surface area contributed by atoms with E-state index >= 15 is 0 Å². The number of hydrogen-bond donors (Lipinski definition) is 1. The predicted octanol–water partition coefficient (Wildman–Crippen LogP) is 4.73. The first kappa shape index (κ1) is 23.8.